The predicted molar refractivity (Wildman–Crippen MR) is 78.2 cm³/mol. The quantitative estimate of drug-likeness (QED) is 0.756. The normalized spacial score (nSPS) is 17.9. The van der Waals surface area contributed by atoms with Gasteiger partial charge in [-0.05, 0) is 69.7 Å². The molecule has 0 radical (unpaired) electrons. The summed E-state index contributed by atoms with van der Waals surface area (Å²) in [6.07, 6.45) is 7.19. The molecule has 2 rings (SSSR count). The van der Waals surface area contributed by atoms with Crippen LogP contribution in [0.1, 0.15) is 45.1 Å². The van der Waals surface area contributed by atoms with Crippen LogP contribution in [-0.2, 0) is 0 Å². The lowest BCUT2D eigenvalue weighted by Crippen LogP contribution is -2.27. The van der Waals surface area contributed by atoms with Crippen molar-refractivity contribution in [3.05, 3.63) is 29.8 Å². The number of benzene rings is 1. The fourth-order valence-electron chi connectivity index (χ4n) is 1.60. The fourth-order valence-corrected chi connectivity index (χ4v) is 2.44. The molecule has 0 bridgehead atoms. The van der Waals surface area contributed by atoms with E-state index in [2.05, 4.69) is 57.5 Å². The second-order valence-corrected chi connectivity index (χ2v) is 10.1. The van der Waals surface area contributed by atoms with Crippen LogP contribution in [-0.4, -0.2) is 17.3 Å². The molecule has 1 nitrogen and oxygen atoms in total. The maximum absolute atomic E-state index is 6.27. The lowest BCUT2D eigenvalue weighted by Gasteiger charge is -2.43. The van der Waals surface area contributed by atoms with E-state index in [-0.39, 0.29) is 4.75 Å². The summed E-state index contributed by atoms with van der Waals surface area (Å²) < 4.78 is 6.48. The highest BCUT2D eigenvalue weighted by Crippen LogP contribution is 2.54. The van der Waals surface area contributed by atoms with Crippen LogP contribution >= 0.6 is 10.3 Å². The van der Waals surface area contributed by atoms with Crippen molar-refractivity contribution in [2.45, 2.75) is 44.3 Å². The first kappa shape index (κ1) is 12.8. The van der Waals surface area contributed by atoms with E-state index >= 15 is 0 Å². The van der Waals surface area contributed by atoms with E-state index in [1.165, 1.54) is 18.4 Å². The molecule has 96 valence electrons. The molecule has 0 heterocycles. The highest BCUT2D eigenvalue weighted by molar-refractivity contribution is 8.30. The molecule has 1 aliphatic rings. The van der Waals surface area contributed by atoms with Crippen molar-refractivity contribution in [3.63, 3.8) is 0 Å². The molecule has 0 spiro atoms. The number of hydrogen-bond acceptors (Lipinski definition) is 1. The maximum atomic E-state index is 6.27. The second-order valence-electron chi connectivity index (χ2n) is 6.28. The molecule has 0 aromatic heterocycles. The predicted octanol–water partition coefficient (Wildman–Crippen LogP) is 4.72. The first-order valence-corrected chi connectivity index (χ1v) is 8.69. The minimum Gasteiger partial charge on any atom is -0.449 e. The van der Waals surface area contributed by atoms with Crippen LogP contribution < -0.4 is 4.18 Å². The van der Waals surface area contributed by atoms with Crippen molar-refractivity contribution in [1.82, 2.24) is 0 Å². The zero-order valence-electron chi connectivity index (χ0n) is 11.6. The van der Waals surface area contributed by atoms with Gasteiger partial charge in [0.25, 0.3) is 0 Å². The molecule has 1 fully saturated rings. The zero-order valence-corrected chi connectivity index (χ0v) is 12.4. The van der Waals surface area contributed by atoms with E-state index in [4.69, 9.17) is 4.18 Å². The van der Waals surface area contributed by atoms with E-state index in [1.54, 1.807) is 0 Å². The molecule has 1 aromatic carbocycles. The Hall–Kier alpha value is -0.630. The Balaban J connectivity index is 2.15. The molecule has 0 saturated heterocycles. The zero-order chi connectivity index (χ0) is 12.7. The van der Waals surface area contributed by atoms with Crippen LogP contribution in [0.4, 0.5) is 0 Å². The molecule has 0 amide bonds. The van der Waals surface area contributed by atoms with Crippen LogP contribution in [0.3, 0.4) is 0 Å². The molecular formula is C15H24OS. The molecule has 2 heteroatoms. The van der Waals surface area contributed by atoms with Crippen molar-refractivity contribution >= 4 is 10.3 Å². The fraction of sp³-hybridized carbons (Fsp3) is 0.600. The largest absolute Gasteiger partial charge is 0.449 e. The standard InChI is InChI=1S/C15H24OS/c1-15(2,3)17(4,5)16-14-8-6-7-13(11-14)12-9-10-12/h6-8,11-12H,9-10H2,1-5H3. The van der Waals surface area contributed by atoms with Gasteiger partial charge in [-0.15, -0.1) is 0 Å². The van der Waals surface area contributed by atoms with Gasteiger partial charge in [0.15, 0.2) is 0 Å². The average molecular weight is 252 g/mol. The monoisotopic (exact) mass is 252 g/mol. The third-order valence-electron chi connectivity index (χ3n) is 3.69. The minimum atomic E-state index is -1.07. The lowest BCUT2D eigenvalue weighted by atomic mass is 10.1. The van der Waals surface area contributed by atoms with Gasteiger partial charge in [0, 0.05) is 4.75 Å². The number of hydrogen-bond donors (Lipinski definition) is 0. The second kappa shape index (κ2) is 4.24. The van der Waals surface area contributed by atoms with Crippen LogP contribution in [0.5, 0.6) is 5.75 Å². The summed E-state index contributed by atoms with van der Waals surface area (Å²) in [5.41, 5.74) is 1.45. The van der Waals surface area contributed by atoms with Gasteiger partial charge in [0.2, 0.25) is 0 Å². The molecule has 1 aromatic rings. The third-order valence-corrected chi connectivity index (χ3v) is 7.24. The topological polar surface area (TPSA) is 9.23 Å². The van der Waals surface area contributed by atoms with Gasteiger partial charge in [-0.2, -0.15) is 0 Å². The summed E-state index contributed by atoms with van der Waals surface area (Å²) in [6, 6.07) is 8.68. The molecule has 0 aliphatic heterocycles. The van der Waals surface area contributed by atoms with Crippen LogP contribution in [0.2, 0.25) is 0 Å². The molecule has 1 aliphatic carbocycles. The van der Waals surface area contributed by atoms with Gasteiger partial charge in [-0.25, -0.2) is 0 Å². The van der Waals surface area contributed by atoms with Crippen molar-refractivity contribution in [3.8, 4) is 5.75 Å². The highest BCUT2D eigenvalue weighted by Gasteiger charge is 2.30. The molecule has 0 unspecified atom stereocenters. The summed E-state index contributed by atoms with van der Waals surface area (Å²) in [5, 5.41) is 0. The lowest BCUT2D eigenvalue weighted by molar-refractivity contribution is 0.586. The first-order valence-electron chi connectivity index (χ1n) is 6.32. The van der Waals surface area contributed by atoms with Gasteiger partial charge in [0.05, 0.1) is 0 Å². The van der Waals surface area contributed by atoms with E-state index in [9.17, 15) is 0 Å². The van der Waals surface area contributed by atoms with Gasteiger partial charge in [-0.3, -0.25) is 0 Å². The van der Waals surface area contributed by atoms with Crippen molar-refractivity contribution in [2.24, 2.45) is 0 Å². The van der Waals surface area contributed by atoms with E-state index < -0.39 is 10.3 Å². The molecule has 0 atom stereocenters. The molecule has 0 N–H and O–H groups in total. The Morgan fingerprint density at radius 1 is 1.18 bits per heavy atom. The summed E-state index contributed by atoms with van der Waals surface area (Å²) in [7, 11) is -1.07. The first-order chi connectivity index (χ1) is 7.79. The van der Waals surface area contributed by atoms with Crippen molar-refractivity contribution in [1.29, 1.82) is 0 Å². The summed E-state index contributed by atoms with van der Waals surface area (Å²) in [6.45, 7) is 6.77. The minimum absolute atomic E-state index is 0.211. The van der Waals surface area contributed by atoms with Crippen molar-refractivity contribution in [2.75, 3.05) is 12.5 Å². The Kier molecular flexibility index (Phi) is 3.19. The van der Waals surface area contributed by atoms with Gasteiger partial charge < -0.3 is 4.18 Å². The SMILES string of the molecule is CC(C)(C)S(C)(C)Oc1cccc(C2CC2)c1. The van der Waals surface area contributed by atoms with Crippen LogP contribution in [0.15, 0.2) is 24.3 Å². The maximum Gasteiger partial charge on any atom is 0.135 e. The summed E-state index contributed by atoms with van der Waals surface area (Å²) in [4.78, 5) is 0. The summed E-state index contributed by atoms with van der Waals surface area (Å²) >= 11 is 0. The van der Waals surface area contributed by atoms with Gasteiger partial charge >= 0.3 is 0 Å². The Morgan fingerprint density at radius 2 is 1.82 bits per heavy atom. The van der Waals surface area contributed by atoms with E-state index in [0.29, 0.717) is 0 Å². The third kappa shape index (κ3) is 2.98. The smallest absolute Gasteiger partial charge is 0.135 e. The Labute approximate surface area is 107 Å². The van der Waals surface area contributed by atoms with Crippen LogP contribution in [0, 0.1) is 0 Å². The average Bonchev–Trinajstić information content (AvgIpc) is 2.98. The number of rotatable bonds is 3. The van der Waals surface area contributed by atoms with E-state index in [1.807, 2.05) is 0 Å². The van der Waals surface area contributed by atoms with Gasteiger partial charge in [-0.1, -0.05) is 22.4 Å². The summed E-state index contributed by atoms with van der Waals surface area (Å²) in [5.74, 6) is 1.84. The molecule has 17 heavy (non-hydrogen) atoms. The Bertz CT molecular complexity index is 400. The van der Waals surface area contributed by atoms with E-state index in [0.717, 1.165) is 11.7 Å². The highest BCUT2D eigenvalue weighted by atomic mass is 32.3. The van der Waals surface area contributed by atoms with Crippen LogP contribution in [0.25, 0.3) is 0 Å². The Morgan fingerprint density at radius 3 is 2.35 bits per heavy atom. The van der Waals surface area contributed by atoms with Gasteiger partial charge in [0.1, 0.15) is 5.75 Å². The van der Waals surface area contributed by atoms with Crippen molar-refractivity contribution < 1.29 is 4.18 Å². The molecular weight excluding hydrogens is 228 g/mol. The molecule has 1 saturated carbocycles.